The molecule has 0 radical (unpaired) electrons. The van der Waals surface area contributed by atoms with E-state index in [0.717, 1.165) is 49.8 Å². The molecule has 4 heteroatoms. The minimum atomic E-state index is -0.385. The molecule has 2 aliphatic carbocycles. The lowest BCUT2D eigenvalue weighted by atomic mass is 9.74. The molecule has 1 aromatic carbocycles. The second-order valence-corrected chi connectivity index (χ2v) is 7.30. The van der Waals surface area contributed by atoms with E-state index in [2.05, 4.69) is 5.32 Å². The number of benzene rings is 1. The van der Waals surface area contributed by atoms with Crippen molar-refractivity contribution in [3.05, 3.63) is 29.8 Å². The van der Waals surface area contributed by atoms with E-state index in [9.17, 15) is 4.79 Å². The Hall–Kier alpha value is -1.55. The molecule has 3 rings (SSSR count). The van der Waals surface area contributed by atoms with Gasteiger partial charge in [0, 0.05) is 17.6 Å². The zero-order chi connectivity index (χ0) is 16.3. The number of para-hydroxylation sites is 1. The van der Waals surface area contributed by atoms with E-state index in [1.165, 1.54) is 6.42 Å². The molecule has 126 valence electrons. The Morgan fingerprint density at radius 1 is 1.26 bits per heavy atom. The first-order chi connectivity index (χ1) is 11.1. The predicted molar refractivity (Wildman–Crippen MR) is 91.1 cm³/mol. The predicted octanol–water partition coefficient (Wildman–Crippen LogP) is 3.14. The van der Waals surface area contributed by atoms with E-state index in [1.54, 1.807) is 0 Å². The summed E-state index contributed by atoms with van der Waals surface area (Å²) in [5.41, 5.74) is 6.99. The van der Waals surface area contributed by atoms with Gasteiger partial charge in [-0.05, 0) is 45.1 Å². The molecule has 0 heterocycles. The van der Waals surface area contributed by atoms with Crippen LogP contribution in [0.1, 0.15) is 57.4 Å². The van der Waals surface area contributed by atoms with Crippen LogP contribution in [-0.2, 0) is 11.3 Å². The average molecular weight is 316 g/mol. The third-order valence-electron chi connectivity index (χ3n) is 5.34. The molecule has 0 saturated heterocycles. The molecule has 1 amide bonds. The van der Waals surface area contributed by atoms with Crippen LogP contribution in [0.5, 0.6) is 5.75 Å². The van der Waals surface area contributed by atoms with Crippen LogP contribution in [0.2, 0.25) is 0 Å². The van der Waals surface area contributed by atoms with Crippen molar-refractivity contribution in [2.45, 2.75) is 70.1 Å². The van der Waals surface area contributed by atoms with Crippen molar-refractivity contribution in [2.75, 3.05) is 0 Å². The first kappa shape index (κ1) is 16.3. The highest BCUT2D eigenvalue weighted by Crippen LogP contribution is 2.32. The van der Waals surface area contributed by atoms with Gasteiger partial charge in [0.25, 0.3) is 0 Å². The summed E-state index contributed by atoms with van der Waals surface area (Å²) in [4.78, 5) is 12.6. The lowest BCUT2D eigenvalue weighted by molar-refractivity contribution is -0.128. The molecule has 0 spiro atoms. The highest BCUT2D eigenvalue weighted by Gasteiger charge is 2.37. The quantitative estimate of drug-likeness (QED) is 0.877. The van der Waals surface area contributed by atoms with Crippen LogP contribution >= 0.6 is 0 Å². The molecule has 2 aliphatic rings. The zero-order valence-electron chi connectivity index (χ0n) is 14.0. The normalized spacial score (nSPS) is 28.0. The minimum absolute atomic E-state index is 0.0770. The molecule has 23 heavy (non-hydrogen) atoms. The van der Waals surface area contributed by atoms with Crippen molar-refractivity contribution in [3.8, 4) is 5.75 Å². The number of amides is 1. The average Bonchev–Trinajstić information content (AvgIpc) is 2.49. The Morgan fingerprint density at radius 2 is 2.04 bits per heavy atom. The van der Waals surface area contributed by atoms with Gasteiger partial charge in [-0.1, -0.05) is 31.0 Å². The molecular formula is C19H28N2O2. The summed E-state index contributed by atoms with van der Waals surface area (Å²) in [6.07, 6.45) is 7.88. The number of nitrogens with one attached hydrogen (secondary N) is 1. The van der Waals surface area contributed by atoms with Gasteiger partial charge in [0.2, 0.25) is 5.91 Å². The van der Waals surface area contributed by atoms with E-state index in [0.29, 0.717) is 12.6 Å². The summed E-state index contributed by atoms with van der Waals surface area (Å²) in [6, 6.07) is 7.99. The Kier molecular flexibility index (Phi) is 4.90. The Balaban J connectivity index is 1.60. The van der Waals surface area contributed by atoms with E-state index in [4.69, 9.17) is 10.5 Å². The number of rotatable bonds is 5. The Bertz CT molecular complexity index is 552. The maximum atomic E-state index is 12.6. The number of carbonyl (C=O) groups is 1. The zero-order valence-corrected chi connectivity index (χ0v) is 14.0. The van der Waals surface area contributed by atoms with Crippen molar-refractivity contribution in [1.29, 1.82) is 0 Å². The molecule has 3 N–H and O–H groups in total. The van der Waals surface area contributed by atoms with E-state index in [1.807, 2.05) is 31.2 Å². The fraction of sp³-hybridized carbons (Fsp3) is 0.632. The minimum Gasteiger partial charge on any atom is -0.490 e. The fourth-order valence-electron chi connectivity index (χ4n) is 3.53. The second-order valence-electron chi connectivity index (χ2n) is 7.30. The number of ether oxygens (including phenoxy) is 1. The summed E-state index contributed by atoms with van der Waals surface area (Å²) in [5.74, 6) is 0.890. The van der Waals surface area contributed by atoms with Crippen LogP contribution in [0.3, 0.4) is 0 Å². The maximum absolute atomic E-state index is 12.6. The van der Waals surface area contributed by atoms with Crippen molar-refractivity contribution in [1.82, 2.24) is 5.32 Å². The highest BCUT2D eigenvalue weighted by atomic mass is 16.5. The van der Waals surface area contributed by atoms with Gasteiger partial charge >= 0.3 is 0 Å². The maximum Gasteiger partial charge on any atom is 0.225 e. The summed E-state index contributed by atoms with van der Waals surface area (Å²) < 4.78 is 6.02. The van der Waals surface area contributed by atoms with Crippen molar-refractivity contribution in [2.24, 2.45) is 11.7 Å². The van der Waals surface area contributed by atoms with Crippen LogP contribution in [0, 0.1) is 5.92 Å². The highest BCUT2D eigenvalue weighted by molar-refractivity contribution is 5.80. The largest absolute Gasteiger partial charge is 0.490 e. The summed E-state index contributed by atoms with van der Waals surface area (Å²) in [5, 5.41) is 3.08. The van der Waals surface area contributed by atoms with Gasteiger partial charge in [0.15, 0.2) is 0 Å². The first-order valence-electron chi connectivity index (χ1n) is 8.87. The van der Waals surface area contributed by atoms with Gasteiger partial charge in [-0.2, -0.15) is 0 Å². The van der Waals surface area contributed by atoms with Crippen molar-refractivity contribution < 1.29 is 9.53 Å². The summed E-state index contributed by atoms with van der Waals surface area (Å²) >= 11 is 0. The van der Waals surface area contributed by atoms with Gasteiger partial charge in [0.05, 0.1) is 12.0 Å². The van der Waals surface area contributed by atoms with Gasteiger partial charge < -0.3 is 15.8 Å². The van der Waals surface area contributed by atoms with E-state index >= 15 is 0 Å². The topological polar surface area (TPSA) is 64.4 Å². The van der Waals surface area contributed by atoms with E-state index in [-0.39, 0.29) is 17.4 Å². The second kappa shape index (κ2) is 6.91. The number of hydrogen-bond acceptors (Lipinski definition) is 3. The lowest BCUT2D eigenvalue weighted by Gasteiger charge is -2.37. The molecule has 4 nitrogen and oxygen atoms in total. The molecule has 2 unspecified atom stereocenters. The van der Waals surface area contributed by atoms with Gasteiger partial charge in [0.1, 0.15) is 5.75 Å². The molecule has 2 saturated carbocycles. The summed E-state index contributed by atoms with van der Waals surface area (Å²) in [7, 11) is 0. The first-order valence-corrected chi connectivity index (χ1v) is 8.87. The molecule has 1 aromatic rings. The van der Waals surface area contributed by atoms with Crippen molar-refractivity contribution in [3.63, 3.8) is 0 Å². The van der Waals surface area contributed by atoms with Gasteiger partial charge in [-0.25, -0.2) is 0 Å². The SMILES string of the molecule is CC1(N)CCCCC1C(=O)NCc1ccccc1OC1CCC1. The van der Waals surface area contributed by atoms with Crippen LogP contribution in [0.25, 0.3) is 0 Å². The molecule has 2 atom stereocenters. The number of nitrogens with two attached hydrogens (primary N) is 1. The Morgan fingerprint density at radius 3 is 2.74 bits per heavy atom. The number of carbonyl (C=O) groups excluding carboxylic acids is 1. The van der Waals surface area contributed by atoms with Crippen LogP contribution in [-0.4, -0.2) is 17.6 Å². The molecule has 0 aliphatic heterocycles. The third-order valence-corrected chi connectivity index (χ3v) is 5.34. The molecular weight excluding hydrogens is 288 g/mol. The van der Waals surface area contributed by atoms with Crippen molar-refractivity contribution >= 4 is 5.91 Å². The van der Waals surface area contributed by atoms with Gasteiger partial charge in [-0.15, -0.1) is 0 Å². The number of hydrogen-bond donors (Lipinski definition) is 2. The molecule has 2 fully saturated rings. The van der Waals surface area contributed by atoms with Gasteiger partial charge in [-0.3, -0.25) is 4.79 Å². The van der Waals surface area contributed by atoms with E-state index < -0.39 is 0 Å². The third kappa shape index (κ3) is 3.86. The molecule has 0 bridgehead atoms. The Labute approximate surface area is 138 Å². The summed E-state index contributed by atoms with van der Waals surface area (Å²) in [6.45, 7) is 2.51. The smallest absolute Gasteiger partial charge is 0.225 e. The molecule has 0 aromatic heterocycles. The van der Waals surface area contributed by atoms with Crippen LogP contribution in [0.15, 0.2) is 24.3 Å². The van der Waals surface area contributed by atoms with Crippen LogP contribution < -0.4 is 15.8 Å². The fourth-order valence-corrected chi connectivity index (χ4v) is 3.53. The monoisotopic (exact) mass is 316 g/mol. The van der Waals surface area contributed by atoms with Crippen LogP contribution in [0.4, 0.5) is 0 Å². The lowest BCUT2D eigenvalue weighted by Crippen LogP contribution is -2.52. The standard InChI is InChI=1S/C19H28N2O2/c1-19(20)12-5-4-10-16(19)18(22)21-13-14-7-2-3-11-17(14)23-15-8-6-9-15/h2-3,7,11,15-16H,4-6,8-10,12-13,20H2,1H3,(H,21,22).